The topological polar surface area (TPSA) is 101 Å². The lowest BCUT2D eigenvalue weighted by Gasteiger charge is -2.10. The number of oxime groups is 2. The van der Waals surface area contributed by atoms with Crippen molar-refractivity contribution in [3.8, 4) is 0 Å². The van der Waals surface area contributed by atoms with E-state index in [1.54, 1.807) is 32.0 Å². The maximum Gasteiger partial charge on any atom is 0.437 e. The van der Waals surface area contributed by atoms with Crippen molar-refractivity contribution in [3.63, 3.8) is 0 Å². The number of anilines is 2. The van der Waals surface area contributed by atoms with Gasteiger partial charge in [0.2, 0.25) is 0 Å². The molecule has 0 bridgehead atoms. The Morgan fingerprint density at radius 1 is 0.697 bits per heavy atom. The molecule has 0 heterocycles. The van der Waals surface area contributed by atoms with Gasteiger partial charge in [0.25, 0.3) is 0 Å². The first-order valence-corrected chi connectivity index (χ1v) is 10.2. The van der Waals surface area contributed by atoms with Gasteiger partial charge in [-0.1, -0.05) is 77.0 Å². The number of rotatable bonds is 6. The molecule has 0 aliphatic carbocycles. The number of nitrogens with one attached hydrogen (secondary N) is 2. The number of benzene rings is 3. The molecule has 0 atom stereocenters. The fourth-order valence-corrected chi connectivity index (χ4v) is 2.79. The molecule has 0 spiro atoms. The zero-order valence-corrected chi connectivity index (χ0v) is 18.5. The predicted octanol–water partition coefficient (Wildman–Crippen LogP) is 5.94. The molecule has 0 fully saturated rings. The normalized spacial score (nSPS) is 11.5. The predicted molar refractivity (Wildman–Crippen MR) is 129 cm³/mol. The Balaban J connectivity index is 1.58. The summed E-state index contributed by atoms with van der Waals surface area (Å²) in [6, 6.07) is 23.7. The van der Waals surface area contributed by atoms with Crippen molar-refractivity contribution in [1.82, 2.24) is 0 Å². The minimum absolute atomic E-state index is 0.414. The fraction of sp³-hybridized carbons (Fsp3) is 0.120. The molecule has 0 aliphatic rings. The molecule has 33 heavy (non-hydrogen) atoms. The van der Waals surface area contributed by atoms with Crippen LogP contribution in [-0.4, -0.2) is 23.6 Å². The maximum atomic E-state index is 12.2. The molecule has 0 saturated heterocycles. The zero-order valence-electron chi connectivity index (χ0n) is 18.5. The highest BCUT2D eigenvalue weighted by Gasteiger charge is 2.10. The summed E-state index contributed by atoms with van der Waals surface area (Å²) in [5.74, 6) is 0. The molecule has 3 rings (SSSR count). The fourth-order valence-electron chi connectivity index (χ4n) is 2.79. The second kappa shape index (κ2) is 11.2. The molecule has 3 aromatic rings. The lowest BCUT2D eigenvalue weighted by atomic mass is 10.1. The molecule has 8 heteroatoms. The average Bonchev–Trinajstić information content (AvgIpc) is 2.84. The van der Waals surface area contributed by atoms with E-state index in [1.165, 1.54) is 0 Å². The van der Waals surface area contributed by atoms with Gasteiger partial charge in [0.05, 0.1) is 11.4 Å². The molecule has 0 saturated carbocycles. The molecule has 0 aromatic heterocycles. The Morgan fingerprint density at radius 2 is 1.18 bits per heavy atom. The Hall–Kier alpha value is -4.46. The van der Waals surface area contributed by atoms with Crippen molar-refractivity contribution in [1.29, 1.82) is 0 Å². The third-order valence-electron chi connectivity index (χ3n) is 4.63. The van der Waals surface area contributed by atoms with Gasteiger partial charge in [-0.15, -0.1) is 0 Å². The molecule has 0 aliphatic heterocycles. The summed E-state index contributed by atoms with van der Waals surface area (Å²) in [6.07, 6.45) is -1.51. The van der Waals surface area contributed by atoms with E-state index in [9.17, 15) is 9.59 Å². The molecular weight excluding hydrogens is 420 g/mol. The van der Waals surface area contributed by atoms with Gasteiger partial charge >= 0.3 is 12.2 Å². The van der Waals surface area contributed by atoms with Crippen LogP contribution >= 0.6 is 0 Å². The van der Waals surface area contributed by atoms with E-state index in [4.69, 9.17) is 9.68 Å². The lowest BCUT2D eigenvalue weighted by molar-refractivity contribution is 0.166. The van der Waals surface area contributed by atoms with Gasteiger partial charge in [-0.3, -0.25) is 20.3 Å². The second-order valence-corrected chi connectivity index (χ2v) is 7.12. The summed E-state index contributed by atoms with van der Waals surface area (Å²) in [5.41, 5.74) is 4.45. The largest absolute Gasteiger partial charge is 0.437 e. The number of nitrogens with zero attached hydrogens (tertiary/aromatic N) is 2. The molecule has 3 aromatic carbocycles. The summed E-state index contributed by atoms with van der Waals surface area (Å²) < 4.78 is 0. The highest BCUT2D eigenvalue weighted by molar-refractivity contribution is 5.99. The van der Waals surface area contributed by atoms with E-state index in [1.807, 2.05) is 67.6 Å². The molecule has 2 N–H and O–H groups in total. The van der Waals surface area contributed by atoms with Crippen LogP contribution in [0.3, 0.4) is 0 Å². The maximum absolute atomic E-state index is 12.2. The Labute approximate surface area is 191 Å². The monoisotopic (exact) mass is 444 g/mol. The average molecular weight is 444 g/mol. The van der Waals surface area contributed by atoms with Gasteiger partial charge in [0.1, 0.15) is 0 Å². The standard InChI is InChI=1S/C25H24N4O4/c1-17-14-15-22(26-24(30)32-28-18(2)20-10-6-4-7-11-20)16-23(17)27-25(31)33-29-19(3)21-12-8-5-9-13-21/h4-16H,1-3H3,(H,26,30)(H,27,31)/b28-18-,29-19+. The third-order valence-corrected chi connectivity index (χ3v) is 4.63. The number of aryl methyl sites for hydroxylation is 1. The molecule has 0 unspecified atom stereocenters. The first-order chi connectivity index (χ1) is 15.9. The van der Waals surface area contributed by atoms with Gasteiger partial charge in [0.15, 0.2) is 0 Å². The van der Waals surface area contributed by atoms with Crippen molar-refractivity contribution >= 4 is 35.0 Å². The van der Waals surface area contributed by atoms with Crippen LogP contribution in [0, 0.1) is 6.92 Å². The van der Waals surface area contributed by atoms with Crippen LogP contribution in [0.25, 0.3) is 0 Å². The number of hydrogen-bond acceptors (Lipinski definition) is 6. The minimum atomic E-state index is -0.759. The van der Waals surface area contributed by atoms with E-state index in [2.05, 4.69) is 20.9 Å². The summed E-state index contributed by atoms with van der Waals surface area (Å²) in [6.45, 7) is 5.29. The number of carbonyl (C=O) groups is 2. The van der Waals surface area contributed by atoms with Gasteiger partial charge in [0, 0.05) is 11.4 Å². The highest BCUT2D eigenvalue weighted by atomic mass is 16.7. The Kier molecular flexibility index (Phi) is 7.91. The quantitative estimate of drug-likeness (QED) is 0.279. The molecule has 8 nitrogen and oxygen atoms in total. The van der Waals surface area contributed by atoms with Crippen molar-refractivity contribution < 1.29 is 19.3 Å². The van der Waals surface area contributed by atoms with Crippen LogP contribution < -0.4 is 10.6 Å². The van der Waals surface area contributed by atoms with E-state index < -0.39 is 12.2 Å². The summed E-state index contributed by atoms with van der Waals surface area (Å²) in [7, 11) is 0. The van der Waals surface area contributed by atoms with Crippen molar-refractivity contribution in [2.24, 2.45) is 10.3 Å². The van der Waals surface area contributed by atoms with Crippen LogP contribution in [0.15, 0.2) is 89.2 Å². The van der Waals surface area contributed by atoms with E-state index in [0.29, 0.717) is 22.8 Å². The smallest absolute Gasteiger partial charge is 0.298 e. The summed E-state index contributed by atoms with van der Waals surface area (Å²) >= 11 is 0. The van der Waals surface area contributed by atoms with E-state index >= 15 is 0 Å². The van der Waals surface area contributed by atoms with Crippen LogP contribution in [0.2, 0.25) is 0 Å². The number of hydrogen-bond donors (Lipinski definition) is 2. The number of carbonyl (C=O) groups excluding carboxylic acids is 2. The van der Waals surface area contributed by atoms with Gasteiger partial charge in [-0.2, -0.15) is 0 Å². The van der Waals surface area contributed by atoms with Crippen LogP contribution in [0.1, 0.15) is 30.5 Å². The van der Waals surface area contributed by atoms with Crippen LogP contribution in [-0.2, 0) is 9.68 Å². The summed E-state index contributed by atoms with van der Waals surface area (Å²) in [4.78, 5) is 34.2. The van der Waals surface area contributed by atoms with Gasteiger partial charge in [-0.25, -0.2) is 9.59 Å². The van der Waals surface area contributed by atoms with Gasteiger partial charge in [-0.05, 0) is 49.6 Å². The molecule has 2 amide bonds. The minimum Gasteiger partial charge on any atom is -0.298 e. The Morgan fingerprint density at radius 3 is 1.70 bits per heavy atom. The lowest BCUT2D eigenvalue weighted by Crippen LogP contribution is -2.15. The SMILES string of the molecule is C/C(=N/OC(=O)Nc1ccc(C)c(NC(=O)O/N=C(\C)c2ccccc2)c1)c1ccccc1. The molecular formula is C25H24N4O4. The summed E-state index contributed by atoms with van der Waals surface area (Å²) in [5, 5.41) is 12.9. The van der Waals surface area contributed by atoms with Crippen molar-refractivity contribution in [3.05, 3.63) is 95.6 Å². The van der Waals surface area contributed by atoms with Crippen LogP contribution in [0.4, 0.5) is 21.0 Å². The van der Waals surface area contributed by atoms with Crippen LogP contribution in [0.5, 0.6) is 0 Å². The highest BCUT2D eigenvalue weighted by Crippen LogP contribution is 2.21. The van der Waals surface area contributed by atoms with E-state index in [-0.39, 0.29) is 0 Å². The third kappa shape index (κ3) is 7.03. The molecule has 168 valence electrons. The van der Waals surface area contributed by atoms with Crippen molar-refractivity contribution in [2.45, 2.75) is 20.8 Å². The first-order valence-electron chi connectivity index (χ1n) is 10.2. The second-order valence-electron chi connectivity index (χ2n) is 7.12. The number of amides is 2. The van der Waals surface area contributed by atoms with Crippen molar-refractivity contribution in [2.75, 3.05) is 10.6 Å². The van der Waals surface area contributed by atoms with Gasteiger partial charge < -0.3 is 0 Å². The zero-order chi connectivity index (χ0) is 23.6. The Bertz CT molecular complexity index is 1180. The first kappa shape index (κ1) is 23.2. The van der Waals surface area contributed by atoms with E-state index in [0.717, 1.165) is 16.7 Å². The molecule has 0 radical (unpaired) electrons.